The third-order valence-corrected chi connectivity index (χ3v) is 8.91. The molecule has 0 atom stereocenters. The first-order valence-electron chi connectivity index (χ1n) is 11.9. The van der Waals surface area contributed by atoms with E-state index in [2.05, 4.69) is 10.3 Å². The second-order valence-corrected chi connectivity index (χ2v) is 13.0. The van der Waals surface area contributed by atoms with Crippen molar-refractivity contribution in [1.29, 1.82) is 0 Å². The Morgan fingerprint density at radius 3 is 2.28 bits per heavy atom. The average molecular weight is 599 g/mol. The van der Waals surface area contributed by atoms with E-state index in [0.29, 0.717) is 34.7 Å². The van der Waals surface area contributed by atoms with E-state index in [4.69, 9.17) is 23.3 Å². The summed E-state index contributed by atoms with van der Waals surface area (Å²) < 4.78 is 63.5. The molecule has 1 N–H and O–H groups in total. The number of carbonyl (C=O) groups excluding carboxylic acids is 1. The van der Waals surface area contributed by atoms with Gasteiger partial charge in [0.1, 0.15) is 23.9 Å². The molecule has 0 aliphatic carbocycles. The first kappa shape index (κ1) is 30.7. The lowest BCUT2D eigenvalue weighted by molar-refractivity contribution is 0.102. The number of aromatic nitrogens is 1. The van der Waals surface area contributed by atoms with E-state index in [1.807, 2.05) is 0 Å². The van der Waals surface area contributed by atoms with Crippen molar-refractivity contribution in [3.05, 3.63) is 59.1 Å². The van der Waals surface area contributed by atoms with Gasteiger partial charge >= 0.3 is 7.60 Å². The van der Waals surface area contributed by atoms with Gasteiger partial charge in [-0.15, -0.1) is 11.3 Å². The Bertz CT molecular complexity index is 1400. The summed E-state index contributed by atoms with van der Waals surface area (Å²) in [5.74, 6) is 0.580. The lowest BCUT2D eigenvalue weighted by Gasteiger charge is -2.15. The van der Waals surface area contributed by atoms with Crippen LogP contribution in [-0.4, -0.2) is 59.1 Å². The summed E-state index contributed by atoms with van der Waals surface area (Å²) in [6, 6.07) is 10.6. The average Bonchev–Trinajstić information content (AvgIpc) is 3.30. The Balaban J connectivity index is 1.79. The number of amides is 1. The van der Waals surface area contributed by atoms with Crippen molar-refractivity contribution in [1.82, 2.24) is 4.98 Å². The highest BCUT2D eigenvalue weighted by Gasteiger charge is 2.26. The van der Waals surface area contributed by atoms with E-state index in [1.54, 1.807) is 38.5 Å². The molecule has 3 aromatic rings. The van der Waals surface area contributed by atoms with E-state index in [1.165, 1.54) is 41.7 Å². The molecule has 0 spiro atoms. The van der Waals surface area contributed by atoms with Crippen LogP contribution in [0.1, 0.15) is 29.9 Å². The maximum absolute atomic E-state index is 13.1. The van der Waals surface area contributed by atoms with Crippen LogP contribution in [0.2, 0.25) is 0 Å². The van der Waals surface area contributed by atoms with Crippen LogP contribution in [0.5, 0.6) is 17.2 Å². The van der Waals surface area contributed by atoms with Crippen LogP contribution in [-0.2, 0) is 34.3 Å². The zero-order chi connectivity index (χ0) is 28.5. The minimum absolute atomic E-state index is 0.0139. The first-order valence-corrected chi connectivity index (χ1v) is 16.4. The topological polar surface area (TPSA) is 139 Å². The second-order valence-electron chi connectivity index (χ2n) is 8.08. The first-order chi connectivity index (χ1) is 18.5. The van der Waals surface area contributed by atoms with Crippen molar-refractivity contribution in [2.75, 3.05) is 45.1 Å². The molecule has 11 nitrogen and oxygen atoms in total. The van der Waals surface area contributed by atoms with Gasteiger partial charge in [0.25, 0.3) is 5.91 Å². The molecular weight excluding hydrogens is 567 g/mol. The van der Waals surface area contributed by atoms with Crippen molar-refractivity contribution in [3.8, 4) is 17.2 Å². The molecular formula is C25H31N2O9PS2. The van der Waals surface area contributed by atoms with Gasteiger partial charge in [0.2, 0.25) is 0 Å². The van der Waals surface area contributed by atoms with Gasteiger partial charge in [0.15, 0.2) is 15.0 Å². The number of ether oxygens (including phenoxy) is 3. The van der Waals surface area contributed by atoms with Crippen molar-refractivity contribution in [3.63, 3.8) is 0 Å². The number of nitrogens with one attached hydrogen (secondary N) is 1. The SMILES string of the molecule is CCOP(=O)(Cc1csc(NC(=O)c2cc(OCCOC)cc(Oc3ccc(S(C)(=O)=O)cc3)c2)n1)OCC. The number of nitrogens with zero attached hydrogens (tertiary/aromatic N) is 1. The molecule has 0 saturated heterocycles. The number of rotatable bonds is 15. The van der Waals surface area contributed by atoms with Crippen molar-refractivity contribution >= 4 is 39.8 Å². The predicted molar refractivity (Wildman–Crippen MR) is 148 cm³/mol. The fraction of sp³-hybridized carbons (Fsp3) is 0.360. The summed E-state index contributed by atoms with van der Waals surface area (Å²) in [6.45, 7) is 4.52. The lowest BCUT2D eigenvalue weighted by Crippen LogP contribution is -2.13. The molecule has 0 unspecified atom stereocenters. The van der Waals surface area contributed by atoms with Crippen LogP contribution in [0.15, 0.2) is 52.7 Å². The minimum atomic E-state index is -3.35. The van der Waals surface area contributed by atoms with Gasteiger partial charge in [-0.1, -0.05) is 0 Å². The molecule has 0 radical (unpaired) electrons. The van der Waals surface area contributed by atoms with E-state index < -0.39 is 23.3 Å². The zero-order valence-electron chi connectivity index (χ0n) is 22.0. The van der Waals surface area contributed by atoms with Gasteiger partial charge in [-0.3, -0.25) is 14.7 Å². The van der Waals surface area contributed by atoms with E-state index in [9.17, 15) is 17.8 Å². The summed E-state index contributed by atoms with van der Waals surface area (Å²) in [7, 11) is -5.14. The second kappa shape index (κ2) is 14.0. The van der Waals surface area contributed by atoms with Gasteiger partial charge in [-0.05, 0) is 50.2 Å². The highest BCUT2D eigenvalue weighted by Crippen LogP contribution is 2.51. The molecule has 3 rings (SSSR count). The Hall–Kier alpha value is -2.80. The number of benzene rings is 2. The molecule has 0 aliphatic rings. The molecule has 0 bridgehead atoms. The maximum Gasteiger partial charge on any atom is 0.336 e. The van der Waals surface area contributed by atoms with Crippen molar-refractivity contribution in [2.45, 2.75) is 24.9 Å². The molecule has 2 aromatic carbocycles. The summed E-state index contributed by atoms with van der Waals surface area (Å²) in [4.78, 5) is 17.6. The third kappa shape index (κ3) is 9.41. The lowest BCUT2D eigenvalue weighted by atomic mass is 10.2. The van der Waals surface area contributed by atoms with Crippen LogP contribution in [0.3, 0.4) is 0 Å². The smallest absolute Gasteiger partial charge is 0.336 e. The molecule has 1 amide bonds. The van der Waals surface area contributed by atoms with Crippen LogP contribution >= 0.6 is 18.9 Å². The van der Waals surface area contributed by atoms with Gasteiger partial charge in [-0.2, -0.15) is 0 Å². The number of methoxy groups -OCH3 is 1. The van der Waals surface area contributed by atoms with Crippen molar-refractivity contribution < 1.29 is 41.0 Å². The van der Waals surface area contributed by atoms with Crippen LogP contribution in [0.4, 0.5) is 5.13 Å². The molecule has 0 fully saturated rings. The monoisotopic (exact) mass is 598 g/mol. The highest BCUT2D eigenvalue weighted by molar-refractivity contribution is 7.90. The predicted octanol–water partition coefficient (Wildman–Crippen LogP) is 5.38. The standard InChI is InChI=1S/C25H31N2O9PS2/c1-5-34-37(29,35-6-2)16-19-17-38-25(26-19)27-24(28)18-13-21(33-12-11-32-3)15-22(14-18)36-20-7-9-23(10-8-20)39(4,30)31/h7-10,13-15,17H,5-6,11-12,16H2,1-4H3,(H,26,27,28). The number of hydrogen-bond acceptors (Lipinski definition) is 11. The molecule has 0 saturated carbocycles. The fourth-order valence-corrected chi connectivity index (χ4v) is 6.37. The number of hydrogen-bond donors (Lipinski definition) is 1. The Morgan fingerprint density at radius 2 is 1.67 bits per heavy atom. The van der Waals surface area contributed by atoms with E-state index >= 15 is 0 Å². The largest absolute Gasteiger partial charge is 0.491 e. The Labute approximate surface area is 231 Å². The summed E-state index contributed by atoms with van der Waals surface area (Å²) in [5.41, 5.74) is 0.706. The minimum Gasteiger partial charge on any atom is -0.491 e. The van der Waals surface area contributed by atoms with Gasteiger partial charge in [0.05, 0.1) is 36.6 Å². The van der Waals surface area contributed by atoms with E-state index in [-0.39, 0.29) is 36.4 Å². The van der Waals surface area contributed by atoms with Crippen molar-refractivity contribution in [2.24, 2.45) is 0 Å². The fourth-order valence-electron chi connectivity index (χ4n) is 3.31. The summed E-state index contributed by atoms with van der Waals surface area (Å²) in [5, 5.41) is 4.72. The molecule has 39 heavy (non-hydrogen) atoms. The van der Waals surface area contributed by atoms with Crippen LogP contribution in [0, 0.1) is 0 Å². The van der Waals surface area contributed by atoms with Gasteiger partial charge < -0.3 is 23.3 Å². The van der Waals surface area contributed by atoms with Gasteiger partial charge in [-0.25, -0.2) is 13.4 Å². The van der Waals surface area contributed by atoms with Crippen LogP contribution in [0.25, 0.3) is 0 Å². The summed E-state index contributed by atoms with van der Waals surface area (Å²) in [6.07, 6.45) is 1.11. The van der Waals surface area contributed by atoms with Crippen LogP contribution < -0.4 is 14.8 Å². The molecule has 0 aliphatic heterocycles. The Kier molecular flexibility index (Phi) is 11.0. The van der Waals surface area contributed by atoms with Gasteiger partial charge in [0, 0.05) is 30.4 Å². The number of carbonyl (C=O) groups is 1. The van der Waals surface area contributed by atoms with E-state index in [0.717, 1.165) is 6.26 Å². The molecule has 14 heteroatoms. The summed E-state index contributed by atoms with van der Waals surface area (Å²) >= 11 is 1.18. The molecule has 1 aromatic heterocycles. The normalized spacial score (nSPS) is 11.8. The third-order valence-electron chi connectivity index (χ3n) is 4.97. The maximum atomic E-state index is 13.1. The quantitative estimate of drug-likeness (QED) is 0.179. The molecule has 1 heterocycles. The Morgan fingerprint density at radius 1 is 1.00 bits per heavy atom. The number of thiazole rings is 1. The highest BCUT2D eigenvalue weighted by atomic mass is 32.2. The molecule has 212 valence electrons. The number of anilines is 1. The zero-order valence-corrected chi connectivity index (χ0v) is 24.6. The number of sulfone groups is 1.